The van der Waals surface area contributed by atoms with Gasteiger partial charge in [0, 0.05) is 19.2 Å². The number of ether oxygens (including phenoxy) is 3. The van der Waals surface area contributed by atoms with E-state index in [0.29, 0.717) is 18.8 Å². The Morgan fingerprint density at radius 2 is 2.12 bits per heavy atom. The molecule has 1 saturated heterocycles. The molecular weight excluding hydrogens is 348 g/mol. The summed E-state index contributed by atoms with van der Waals surface area (Å²) in [5.74, 6) is -0.467. The van der Waals surface area contributed by atoms with Gasteiger partial charge in [0.1, 0.15) is 16.7 Å². The van der Waals surface area contributed by atoms with E-state index < -0.39 is 16.0 Å². The second-order valence-electron chi connectivity index (χ2n) is 5.03. The van der Waals surface area contributed by atoms with Crippen LogP contribution in [0.3, 0.4) is 0 Å². The maximum absolute atomic E-state index is 12.8. The SMILES string of the molecule is COc1ccc(C=CC(=O)OCC#N)cc1S(=O)(=O)N1CCOCC1. The number of esters is 1. The Balaban J connectivity index is 2.29. The molecule has 0 bridgehead atoms. The van der Waals surface area contributed by atoms with E-state index in [1.165, 1.54) is 29.6 Å². The monoisotopic (exact) mass is 366 g/mol. The quantitative estimate of drug-likeness (QED) is 0.541. The Bertz CT molecular complexity index is 791. The molecule has 1 aromatic rings. The van der Waals surface area contributed by atoms with Gasteiger partial charge < -0.3 is 14.2 Å². The molecule has 134 valence electrons. The van der Waals surface area contributed by atoms with Crippen LogP contribution in [0.2, 0.25) is 0 Å². The van der Waals surface area contributed by atoms with E-state index in [2.05, 4.69) is 4.74 Å². The third-order valence-corrected chi connectivity index (χ3v) is 5.39. The summed E-state index contributed by atoms with van der Waals surface area (Å²) in [5, 5.41) is 8.36. The fraction of sp³-hybridized carbons (Fsp3) is 0.375. The van der Waals surface area contributed by atoms with Crippen molar-refractivity contribution >= 4 is 22.1 Å². The van der Waals surface area contributed by atoms with Gasteiger partial charge in [-0.2, -0.15) is 9.57 Å². The van der Waals surface area contributed by atoms with Crippen LogP contribution >= 0.6 is 0 Å². The number of rotatable bonds is 6. The van der Waals surface area contributed by atoms with Crippen LogP contribution in [0.5, 0.6) is 5.75 Å². The fourth-order valence-electron chi connectivity index (χ4n) is 2.24. The van der Waals surface area contributed by atoms with Crippen molar-refractivity contribution in [3.8, 4) is 11.8 Å². The number of nitrogens with zero attached hydrogens (tertiary/aromatic N) is 2. The van der Waals surface area contributed by atoms with Gasteiger partial charge in [-0.15, -0.1) is 0 Å². The molecular formula is C16H18N2O6S. The summed E-state index contributed by atoms with van der Waals surface area (Å²) < 4.78 is 42.0. The summed E-state index contributed by atoms with van der Waals surface area (Å²) in [5.41, 5.74) is 0.488. The highest BCUT2D eigenvalue weighted by Crippen LogP contribution is 2.28. The smallest absolute Gasteiger partial charge is 0.331 e. The lowest BCUT2D eigenvalue weighted by molar-refractivity contribution is -0.136. The second kappa shape index (κ2) is 8.62. The molecule has 0 unspecified atom stereocenters. The number of benzene rings is 1. The van der Waals surface area contributed by atoms with E-state index in [1.54, 1.807) is 12.1 Å². The predicted molar refractivity (Wildman–Crippen MR) is 88.2 cm³/mol. The van der Waals surface area contributed by atoms with E-state index in [1.807, 2.05) is 0 Å². The maximum Gasteiger partial charge on any atom is 0.331 e. The zero-order chi connectivity index (χ0) is 18.3. The van der Waals surface area contributed by atoms with Crippen molar-refractivity contribution in [2.24, 2.45) is 0 Å². The molecule has 1 aromatic carbocycles. The number of carbonyl (C=O) groups is 1. The summed E-state index contributed by atoms with van der Waals surface area (Å²) >= 11 is 0. The molecule has 0 saturated carbocycles. The molecule has 0 aromatic heterocycles. The van der Waals surface area contributed by atoms with E-state index >= 15 is 0 Å². The zero-order valence-electron chi connectivity index (χ0n) is 13.7. The minimum atomic E-state index is -3.74. The number of methoxy groups -OCH3 is 1. The lowest BCUT2D eigenvalue weighted by Gasteiger charge is -2.26. The maximum atomic E-state index is 12.8. The Morgan fingerprint density at radius 3 is 2.76 bits per heavy atom. The van der Waals surface area contributed by atoms with Gasteiger partial charge in [0.2, 0.25) is 10.0 Å². The molecule has 0 atom stereocenters. The summed E-state index contributed by atoms with van der Waals surface area (Å²) in [6.45, 7) is 0.873. The molecule has 25 heavy (non-hydrogen) atoms. The molecule has 0 amide bonds. The van der Waals surface area contributed by atoms with Crippen LogP contribution in [-0.4, -0.2) is 58.7 Å². The van der Waals surface area contributed by atoms with E-state index in [9.17, 15) is 13.2 Å². The van der Waals surface area contributed by atoms with Crippen LogP contribution in [0.25, 0.3) is 6.08 Å². The molecule has 1 heterocycles. The van der Waals surface area contributed by atoms with Crippen molar-refractivity contribution in [2.75, 3.05) is 40.0 Å². The zero-order valence-corrected chi connectivity index (χ0v) is 14.5. The van der Waals surface area contributed by atoms with Crippen LogP contribution in [0.4, 0.5) is 0 Å². The largest absolute Gasteiger partial charge is 0.495 e. The van der Waals surface area contributed by atoms with Crippen molar-refractivity contribution in [1.29, 1.82) is 5.26 Å². The van der Waals surface area contributed by atoms with Crippen LogP contribution in [0, 0.1) is 11.3 Å². The van der Waals surface area contributed by atoms with Crippen LogP contribution < -0.4 is 4.74 Å². The van der Waals surface area contributed by atoms with Crippen LogP contribution in [0.15, 0.2) is 29.2 Å². The number of nitriles is 1. The predicted octanol–water partition coefficient (Wildman–Crippen LogP) is 0.796. The molecule has 0 N–H and O–H groups in total. The highest BCUT2D eigenvalue weighted by atomic mass is 32.2. The average molecular weight is 366 g/mol. The summed E-state index contributed by atoms with van der Waals surface area (Å²) in [7, 11) is -2.35. The van der Waals surface area contributed by atoms with Gasteiger partial charge in [-0.25, -0.2) is 13.2 Å². The first kappa shape index (κ1) is 18.9. The van der Waals surface area contributed by atoms with Gasteiger partial charge in [-0.3, -0.25) is 0 Å². The van der Waals surface area contributed by atoms with Crippen molar-refractivity contribution in [1.82, 2.24) is 4.31 Å². The van der Waals surface area contributed by atoms with Gasteiger partial charge in [0.25, 0.3) is 0 Å². The van der Waals surface area contributed by atoms with E-state index in [0.717, 1.165) is 6.08 Å². The van der Waals surface area contributed by atoms with E-state index in [4.69, 9.17) is 14.7 Å². The van der Waals surface area contributed by atoms with Crippen molar-refractivity contribution in [2.45, 2.75) is 4.90 Å². The Kier molecular flexibility index (Phi) is 6.52. The Hall–Kier alpha value is -2.41. The molecule has 0 radical (unpaired) electrons. The van der Waals surface area contributed by atoms with E-state index in [-0.39, 0.29) is 30.3 Å². The standard InChI is InChI=1S/C16H18N2O6S/c1-22-14-4-2-13(3-5-16(19)24-9-6-17)12-15(14)25(20,21)18-7-10-23-11-8-18/h2-5,12H,7-11H2,1H3. The Labute approximate surface area is 146 Å². The molecule has 1 aliphatic heterocycles. The highest BCUT2D eigenvalue weighted by molar-refractivity contribution is 7.89. The lowest BCUT2D eigenvalue weighted by Crippen LogP contribution is -2.40. The number of hydrogen-bond donors (Lipinski definition) is 0. The molecule has 2 rings (SSSR count). The molecule has 0 spiro atoms. The van der Waals surface area contributed by atoms with Crippen LogP contribution in [0.1, 0.15) is 5.56 Å². The minimum absolute atomic E-state index is 0.0180. The average Bonchev–Trinajstić information content (AvgIpc) is 2.65. The third kappa shape index (κ3) is 4.79. The second-order valence-corrected chi connectivity index (χ2v) is 6.93. The Morgan fingerprint density at radius 1 is 1.40 bits per heavy atom. The molecule has 1 aliphatic rings. The molecule has 1 fully saturated rings. The van der Waals surface area contributed by atoms with Gasteiger partial charge in [0.05, 0.1) is 20.3 Å². The van der Waals surface area contributed by atoms with Crippen LogP contribution in [-0.2, 0) is 24.3 Å². The number of morpholine rings is 1. The molecule has 8 nitrogen and oxygen atoms in total. The summed E-state index contributed by atoms with van der Waals surface area (Å²) in [6.07, 6.45) is 2.54. The number of carbonyl (C=O) groups excluding carboxylic acids is 1. The van der Waals surface area contributed by atoms with Gasteiger partial charge in [-0.05, 0) is 23.8 Å². The van der Waals surface area contributed by atoms with Crippen molar-refractivity contribution in [3.63, 3.8) is 0 Å². The van der Waals surface area contributed by atoms with Crippen molar-refractivity contribution < 1.29 is 27.4 Å². The topological polar surface area (TPSA) is 106 Å². The third-order valence-electron chi connectivity index (χ3n) is 3.47. The minimum Gasteiger partial charge on any atom is -0.495 e. The highest BCUT2D eigenvalue weighted by Gasteiger charge is 2.29. The van der Waals surface area contributed by atoms with Gasteiger partial charge >= 0.3 is 5.97 Å². The first-order chi connectivity index (χ1) is 12.0. The normalized spacial score (nSPS) is 15.7. The van der Waals surface area contributed by atoms with Gasteiger partial charge in [-0.1, -0.05) is 6.07 Å². The molecule has 9 heteroatoms. The number of sulfonamides is 1. The molecule has 0 aliphatic carbocycles. The van der Waals surface area contributed by atoms with Crippen molar-refractivity contribution in [3.05, 3.63) is 29.8 Å². The summed E-state index contributed by atoms with van der Waals surface area (Å²) in [6, 6.07) is 6.25. The lowest BCUT2D eigenvalue weighted by atomic mass is 10.2. The number of hydrogen-bond acceptors (Lipinski definition) is 7. The fourth-order valence-corrected chi connectivity index (χ4v) is 3.84. The summed E-state index contributed by atoms with van der Waals surface area (Å²) in [4.78, 5) is 11.4. The first-order valence-corrected chi connectivity index (χ1v) is 8.91. The van der Waals surface area contributed by atoms with Gasteiger partial charge in [0.15, 0.2) is 6.61 Å². The first-order valence-electron chi connectivity index (χ1n) is 7.47.